The molecule has 1 aliphatic heterocycles. The number of halogens is 3. The van der Waals surface area contributed by atoms with E-state index in [1.54, 1.807) is 0 Å². The molecule has 0 aromatic heterocycles. The van der Waals surface area contributed by atoms with Gasteiger partial charge in [-0.05, 0) is 49.2 Å². The summed E-state index contributed by atoms with van der Waals surface area (Å²) in [6, 6.07) is 10.3. The summed E-state index contributed by atoms with van der Waals surface area (Å²) in [6.07, 6.45) is -0.929. The molecule has 0 spiro atoms. The second-order valence-electron chi connectivity index (χ2n) is 7.17. The van der Waals surface area contributed by atoms with Gasteiger partial charge in [-0.15, -0.1) is 0 Å². The number of hydrogen-bond acceptors (Lipinski definition) is 4. The van der Waals surface area contributed by atoms with E-state index >= 15 is 0 Å². The maximum atomic E-state index is 13.0. The fourth-order valence-electron chi connectivity index (χ4n) is 3.31. The van der Waals surface area contributed by atoms with Crippen molar-refractivity contribution in [2.24, 2.45) is 0 Å². The first kappa shape index (κ1) is 23.1. The Morgan fingerprint density at radius 3 is 2.19 bits per heavy atom. The predicted octanol–water partition coefficient (Wildman–Crippen LogP) is 4.29. The highest BCUT2D eigenvalue weighted by molar-refractivity contribution is 7.89. The van der Waals surface area contributed by atoms with Gasteiger partial charge >= 0.3 is 6.18 Å². The normalized spacial score (nSPS) is 15.8. The number of sulfonamides is 1. The summed E-state index contributed by atoms with van der Waals surface area (Å²) in [5.74, 6) is -0.535. The van der Waals surface area contributed by atoms with Crippen LogP contribution in [0, 0.1) is 0 Å². The van der Waals surface area contributed by atoms with Crippen molar-refractivity contribution in [3.8, 4) is 5.75 Å². The molecule has 31 heavy (non-hydrogen) atoms. The highest BCUT2D eigenvalue weighted by Crippen LogP contribution is 2.34. The Bertz CT molecular complexity index is 1000. The van der Waals surface area contributed by atoms with E-state index in [0.717, 1.165) is 37.8 Å². The van der Waals surface area contributed by atoms with Crippen LogP contribution in [0.5, 0.6) is 5.75 Å². The van der Waals surface area contributed by atoms with Gasteiger partial charge in [0.05, 0.1) is 16.1 Å². The van der Waals surface area contributed by atoms with Crippen molar-refractivity contribution in [3.05, 3.63) is 54.1 Å². The van der Waals surface area contributed by atoms with Gasteiger partial charge < -0.3 is 10.1 Å². The van der Waals surface area contributed by atoms with Crippen LogP contribution in [-0.2, 0) is 21.0 Å². The van der Waals surface area contributed by atoms with E-state index in [1.807, 2.05) is 0 Å². The fourth-order valence-corrected chi connectivity index (χ4v) is 4.83. The minimum atomic E-state index is -4.60. The van der Waals surface area contributed by atoms with Crippen LogP contribution in [0.15, 0.2) is 53.4 Å². The van der Waals surface area contributed by atoms with Crippen LogP contribution in [0.25, 0.3) is 0 Å². The minimum absolute atomic E-state index is 0.130. The number of rotatable bonds is 6. The number of nitrogens with zero attached hydrogens (tertiary/aromatic N) is 1. The maximum absolute atomic E-state index is 13.0. The molecule has 1 fully saturated rings. The number of para-hydroxylation sites is 1. The first-order chi connectivity index (χ1) is 14.7. The molecule has 2 aromatic rings. The quantitative estimate of drug-likeness (QED) is 0.704. The van der Waals surface area contributed by atoms with E-state index in [9.17, 15) is 26.4 Å². The van der Waals surface area contributed by atoms with Crippen molar-refractivity contribution in [2.75, 3.05) is 25.0 Å². The molecule has 0 unspecified atom stereocenters. The predicted molar refractivity (Wildman–Crippen MR) is 109 cm³/mol. The number of anilines is 1. The summed E-state index contributed by atoms with van der Waals surface area (Å²) in [7, 11) is -3.60. The summed E-state index contributed by atoms with van der Waals surface area (Å²) in [5, 5.41) is 2.19. The largest absolute Gasteiger partial charge is 0.484 e. The van der Waals surface area contributed by atoms with Crippen LogP contribution >= 0.6 is 0 Å². The molecule has 1 N–H and O–H groups in total. The van der Waals surface area contributed by atoms with Crippen molar-refractivity contribution >= 4 is 21.6 Å². The summed E-state index contributed by atoms with van der Waals surface area (Å²) in [4.78, 5) is 12.2. The zero-order chi connectivity index (χ0) is 22.5. The van der Waals surface area contributed by atoms with Gasteiger partial charge in [0.15, 0.2) is 6.61 Å². The number of alkyl halides is 3. The molecule has 0 bridgehead atoms. The fraction of sp³-hybridized carbons (Fsp3) is 0.381. The Labute approximate surface area is 179 Å². The van der Waals surface area contributed by atoms with Crippen LogP contribution in [0.3, 0.4) is 0 Å². The van der Waals surface area contributed by atoms with Gasteiger partial charge in [0.1, 0.15) is 5.75 Å². The number of carbonyl (C=O) groups excluding carboxylic acids is 1. The number of carbonyl (C=O) groups is 1. The smallest absolute Gasteiger partial charge is 0.418 e. The van der Waals surface area contributed by atoms with E-state index in [4.69, 9.17) is 4.74 Å². The number of nitrogens with one attached hydrogen (secondary N) is 1. The molecule has 0 aliphatic carbocycles. The molecule has 0 radical (unpaired) electrons. The third kappa shape index (κ3) is 5.98. The standard InChI is InChI=1S/C21H23F3N2O4S/c22-21(23,24)18-7-3-4-8-19(18)25-20(27)15-30-16-9-11-17(12-10-16)31(28,29)26-13-5-1-2-6-14-26/h3-4,7-12H,1-2,5-6,13-15H2,(H,25,27). The average Bonchev–Trinajstić information content (AvgIpc) is 3.02. The summed E-state index contributed by atoms with van der Waals surface area (Å²) >= 11 is 0. The molecule has 10 heteroatoms. The molecule has 0 atom stereocenters. The molecule has 1 amide bonds. The zero-order valence-corrected chi connectivity index (χ0v) is 17.5. The van der Waals surface area contributed by atoms with Crippen molar-refractivity contribution in [2.45, 2.75) is 36.8 Å². The Kier molecular flexibility index (Phi) is 7.22. The second kappa shape index (κ2) is 9.69. The van der Waals surface area contributed by atoms with E-state index in [0.29, 0.717) is 13.1 Å². The minimum Gasteiger partial charge on any atom is -0.484 e. The molecule has 168 valence electrons. The van der Waals surface area contributed by atoms with E-state index < -0.39 is 34.3 Å². The third-order valence-corrected chi connectivity index (χ3v) is 6.82. The van der Waals surface area contributed by atoms with E-state index in [-0.39, 0.29) is 16.3 Å². The Morgan fingerprint density at radius 2 is 1.58 bits per heavy atom. The van der Waals surface area contributed by atoms with Crippen molar-refractivity contribution in [1.82, 2.24) is 4.31 Å². The molecule has 6 nitrogen and oxygen atoms in total. The van der Waals surface area contributed by atoms with Crippen LogP contribution < -0.4 is 10.1 Å². The van der Waals surface area contributed by atoms with Gasteiger partial charge in [0.25, 0.3) is 5.91 Å². The lowest BCUT2D eigenvalue weighted by Crippen LogP contribution is -2.31. The van der Waals surface area contributed by atoms with Crippen LogP contribution in [-0.4, -0.2) is 38.3 Å². The summed E-state index contributed by atoms with van der Waals surface area (Å²) in [6.45, 7) is 0.449. The second-order valence-corrected chi connectivity index (χ2v) is 9.11. The Balaban J connectivity index is 1.60. The molecule has 2 aromatic carbocycles. The maximum Gasteiger partial charge on any atom is 0.418 e. The molecule has 1 heterocycles. The molecule has 1 saturated heterocycles. The zero-order valence-electron chi connectivity index (χ0n) is 16.7. The highest BCUT2D eigenvalue weighted by atomic mass is 32.2. The molecule has 0 saturated carbocycles. The van der Waals surface area contributed by atoms with Crippen LogP contribution in [0.4, 0.5) is 18.9 Å². The average molecular weight is 456 g/mol. The Hall–Kier alpha value is -2.59. The number of benzene rings is 2. The van der Waals surface area contributed by atoms with Crippen LogP contribution in [0.1, 0.15) is 31.2 Å². The van der Waals surface area contributed by atoms with Crippen molar-refractivity contribution in [1.29, 1.82) is 0 Å². The van der Waals surface area contributed by atoms with Gasteiger partial charge in [0, 0.05) is 13.1 Å². The first-order valence-electron chi connectivity index (χ1n) is 9.87. The van der Waals surface area contributed by atoms with Crippen molar-refractivity contribution < 1.29 is 31.1 Å². The van der Waals surface area contributed by atoms with Crippen LogP contribution in [0.2, 0.25) is 0 Å². The lowest BCUT2D eigenvalue weighted by molar-refractivity contribution is -0.137. The molecular weight excluding hydrogens is 433 g/mol. The molecule has 1 aliphatic rings. The van der Waals surface area contributed by atoms with E-state index in [2.05, 4.69) is 5.32 Å². The first-order valence-corrected chi connectivity index (χ1v) is 11.3. The van der Waals surface area contributed by atoms with Gasteiger partial charge in [-0.1, -0.05) is 25.0 Å². The van der Waals surface area contributed by atoms with Gasteiger partial charge in [0.2, 0.25) is 10.0 Å². The molecule has 3 rings (SSSR count). The number of ether oxygens (including phenoxy) is 1. The van der Waals surface area contributed by atoms with E-state index in [1.165, 1.54) is 40.7 Å². The molecular formula is C21H23F3N2O4S. The number of amides is 1. The van der Waals surface area contributed by atoms with Gasteiger partial charge in [-0.25, -0.2) is 8.42 Å². The Morgan fingerprint density at radius 1 is 0.968 bits per heavy atom. The number of hydrogen-bond donors (Lipinski definition) is 1. The summed E-state index contributed by atoms with van der Waals surface area (Å²) < 4.78 is 71.3. The monoisotopic (exact) mass is 456 g/mol. The highest BCUT2D eigenvalue weighted by Gasteiger charge is 2.33. The SMILES string of the molecule is O=C(COc1ccc(S(=O)(=O)N2CCCCCC2)cc1)Nc1ccccc1C(F)(F)F. The van der Waals surface area contributed by atoms with Gasteiger partial charge in [-0.2, -0.15) is 17.5 Å². The van der Waals surface area contributed by atoms with Gasteiger partial charge in [-0.3, -0.25) is 4.79 Å². The van der Waals surface area contributed by atoms with Crippen molar-refractivity contribution in [3.63, 3.8) is 0 Å². The topological polar surface area (TPSA) is 75.7 Å². The lowest BCUT2D eigenvalue weighted by Gasteiger charge is -2.20. The lowest BCUT2D eigenvalue weighted by atomic mass is 10.1. The summed E-state index contributed by atoms with van der Waals surface area (Å²) in [5.41, 5.74) is -1.31. The third-order valence-electron chi connectivity index (χ3n) is 4.90.